The van der Waals surface area contributed by atoms with Crippen molar-refractivity contribution in [3.63, 3.8) is 0 Å². The fourth-order valence-corrected chi connectivity index (χ4v) is 2.81. The third kappa shape index (κ3) is 4.72. The van der Waals surface area contributed by atoms with Gasteiger partial charge in [-0.25, -0.2) is 4.98 Å². The van der Waals surface area contributed by atoms with Crippen LogP contribution in [0, 0.1) is 6.92 Å². The van der Waals surface area contributed by atoms with Gasteiger partial charge >= 0.3 is 5.92 Å². The molecule has 0 spiro atoms. The van der Waals surface area contributed by atoms with Crippen LogP contribution >= 0.6 is 0 Å². The van der Waals surface area contributed by atoms with Gasteiger partial charge in [0.25, 0.3) is 5.91 Å². The number of hydrogen-bond donors (Lipinski definition) is 3. The number of nitrogens with one attached hydrogen (secondary N) is 2. The molecule has 1 fully saturated rings. The number of nitrogens with zero attached hydrogens (tertiary/aromatic N) is 1. The van der Waals surface area contributed by atoms with Crippen LogP contribution in [0.4, 0.5) is 14.6 Å². The molecule has 2 rings (SSSR count). The normalized spacial score (nSPS) is 17.0. The molecule has 0 aromatic carbocycles. The molecule has 138 valence electrons. The van der Waals surface area contributed by atoms with Gasteiger partial charge in [0, 0.05) is 19.2 Å². The monoisotopic (exact) mass is 355 g/mol. The van der Waals surface area contributed by atoms with E-state index in [4.69, 9.17) is 0 Å². The molecule has 1 aromatic heterocycles. The highest BCUT2D eigenvalue weighted by atomic mass is 19.3. The van der Waals surface area contributed by atoms with E-state index in [1.54, 1.807) is 18.3 Å². The molecular formula is C17H23F2N3O3. The van der Waals surface area contributed by atoms with E-state index >= 15 is 0 Å². The molecule has 1 aliphatic rings. The predicted molar refractivity (Wildman–Crippen MR) is 88.2 cm³/mol. The van der Waals surface area contributed by atoms with Crippen LogP contribution in [-0.2, 0) is 9.59 Å². The molecule has 25 heavy (non-hydrogen) atoms. The first kappa shape index (κ1) is 19.2. The Morgan fingerprint density at radius 3 is 2.56 bits per heavy atom. The Hall–Kier alpha value is -2.09. The number of halogens is 2. The number of anilines is 1. The summed E-state index contributed by atoms with van der Waals surface area (Å²) in [6, 6.07) is 3.40. The van der Waals surface area contributed by atoms with Gasteiger partial charge < -0.3 is 15.7 Å². The zero-order valence-corrected chi connectivity index (χ0v) is 14.1. The maximum absolute atomic E-state index is 14.2. The van der Waals surface area contributed by atoms with Crippen molar-refractivity contribution in [2.75, 3.05) is 11.9 Å². The molecule has 0 aliphatic heterocycles. The molecular weight excluding hydrogens is 332 g/mol. The Morgan fingerprint density at radius 2 is 1.96 bits per heavy atom. The molecule has 1 aliphatic carbocycles. The largest absolute Gasteiger partial charge is 0.383 e. The zero-order chi connectivity index (χ0) is 18.5. The van der Waals surface area contributed by atoms with E-state index in [0.717, 1.165) is 12.0 Å². The Balaban J connectivity index is 1.80. The summed E-state index contributed by atoms with van der Waals surface area (Å²) in [5, 5.41) is 14.7. The first-order valence-electron chi connectivity index (χ1n) is 8.36. The van der Waals surface area contributed by atoms with Crippen molar-refractivity contribution in [3.8, 4) is 0 Å². The van der Waals surface area contributed by atoms with E-state index < -0.39 is 23.3 Å². The Kier molecular flexibility index (Phi) is 6.05. The van der Waals surface area contributed by atoms with Crippen LogP contribution in [0.1, 0.15) is 44.1 Å². The third-order valence-electron chi connectivity index (χ3n) is 4.37. The van der Waals surface area contributed by atoms with Crippen molar-refractivity contribution in [2.24, 2.45) is 0 Å². The lowest BCUT2D eigenvalue weighted by Crippen LogP contribution is -2.58. The van der Waals surface area contributed by atoms with Gasteiger partial charge in [0.1, 0.15) is 11.4 Å². The number of rotatable bonds is 6. The highest BCUT2D eigenvalue weighted by molar-refractivity contribution is 5.90. The third-order valence-corrected chi connectivity index (χ3v) is 4.37. The number of pyridine rings is 1. The van der Waals surface area contributed by atoms with Gasteiger partial charge in [-0.15, -0.1) is 0 Å². The average molecular weight is 355 g/mol. The fraction of sp³-hybridized carbons (Fsp3) is 0.588. The number of hydrogen-bond acceptors (Lipinski definition) is 4. The number of alkyl halides is 2. The first-order chi connectivity index (χ1) is 11.7. The number of carbonyl (C=O) groups excluding carboxylic acids is 2. The van der Waals surface area contributed by atoms with Crippen molar-refractivity contribution in [1.82, 2.24) is 10.3 Å². The summed E-state index contributed by atoms with van der Waals surface area (Å²) >= 11 is 0. The molecule has 1 saturated carbocycles. The Labute approximate surface area is 145 Å². The lowest BCUT2D eigenvalue weighted by atomic mass is 9.79. The van der Waals surface area contributed by atoms with Crippen LogP contribution in [0.25, 0.3) is 0 Å². The molecule has 6 nitrogen and oxygen atoms in total. The highest BCUT2D eigenvalue weighted by Crippen LogP contribution is 2.40. The molecule has 1 heterocycles. The van der Waals surface area contributed by atoms with Crippen LogP contribution in [0.15, 0.2) is 18.3 Å². The summed E-state index contributed by atoms with van der Waals surface area (Å²) in [4.78, 5) is 27.5. The SMILES string of the molecule is Cc1ccc(NC(=O)CCNC(=O)C(F)(F)C2(O)CCCCC2)nc1. The minimum Gasteiger partial charge on any atom is -0.383 e. The van der Waals surface area contributed by atoms with E-state index in [9.17, 15) is 23.5 Å². The van der Waals surface area contributed by atoms with Gasteiger partial charge in [-0.3, -0.25) is 9.59 Å². The van der Waals surface area contributed by atoms with Crippen LogP contribution in [-0.4, -0.2) is 40.0 Å². The molecule has 1 aromatic rings. The van der Waals surface area contributed by atoms with Crippen molar-refractivity contribution >= 4 is 17.6 Å². The van der Waals surface area contributed by atoms with Gasteiger partial charge in [0.15, 0.2) is 0 Å². The highest BCUT2D eigenvalue weighted by Gasteiger charge is 2.57. The van der Waals surface area contributed by atoms with Gasteiger partial charge in [0.05, 0.1) is 0 Å². The van der Waals surface area contributed by atoms with Crippen molar-refractivity contribution in [1.29, 1.82) is 0 Å². The van der Waals surface area contributed by atoms with Gasteiger partial charge in [-0.1, -0.05) is 25.3 Å². The van der Waals surface area contributed by atoms with Gasteiger partial charge in [-0.2, -0.15) is 8.78 Å². The molecule has 0 radical (unpaired) electrons. The Morgan fingerprint density at radius 1 is 1.28 bits per heavy atom. The molecule has 2 amide bonds. The molecule has 0 saturated heterocycles. The molecule has 0 unspecified atom stereocenters. The van der Waals surface area contributed by atoms with E-state index in [1.807, 2.05) is 12.2 Å². The second kappa shape index (κ2) is 7.86. The van der Waals surface area contributed by atoms with Crippen LogP contribution in [0.3, 0.4) is 0 Å². The second-order valence-corrected chi connectivity index (χ2v) is 6.44. The summed E-state index contributed by atoms with van der Waals surface area (Å²) in [5.41, 5.74) is -1.36. The molecule has 3 N–H and O–H groups in total. The quantitative estimate of drug-likeness (QED) is 0.729. The molecule has 8 heteroatoms. The maximum atomic E-state index is 14.2. The van der Waals surface area contributed by atoms with Crippen molar-refractivity contribution < 1.29 is 23.5 Å². The molecule has 0 bridgehead atoms. The lowest BCUT2D eigenvalue weighted by Gasteiger charge is -2.37. The average Bonchev–Trinajstić information content (AvgIpc) is 2.57. The summed E-state index contributed by atoms with van der Waals surface area (Å²) in [6.45, 7) is 1.61. The van der Waals surface area contributed by atoms with Gasteiger partial charge in [0.2, 0.25) is 5.91 Å². The second-order valence-electron chi connectivity index (χ2n) is 6.44. The minimum absolute atomic E-state index is 0.104. The lowest BCUT2D eigenvalue weighted by molar-refractivity contribution is -0.201. The van der Waals surface area contributed by atoms with Crippen molar-refractivity contribution in [3.05, 3.63) is 23.9 Å². The molecule has 0 atom stereocenters. The summed E-state index contributed by atoms with van der Waals surface area (Å²) < 4.78 is 28.4. The maximum Gasteiger partial charge on any atom is 0.352 e. The number of aliphatic hydroxyl groups is 1. The number of amides is 2. The smallest absolute Gasteiger partial charge is 0.352 e. The van der Waals surface area contributed by atoms with E-state index in [2.05, 4.69) is 10.3 Å². The topological polar surface area (TPSA) is 91.3 Å². The Bertz CT molecular complexity index is 614. The summed E-state index contributed by atoms with van der Waals surface area (Å²) in [7, 11) is 0. The van der Waals surface area contributed by atoms with E-state index in [1.165, 1.54) is 0 Å². The van der Waals surface area contributed by atoms with E-state index in [-0.39, 0.29) is 25.8 Å². The van der Waals surface area contributed by atoms with Crippen LogP contribution in [0.5, 0.6) is 0 Å². The van der Waals surface area contributed by atoms with Crippen molar-refractivity contribution in [2.45, 2.75) is 57.0 Å². The number of carbonyl (C=O) groups is 2. The summed E-state index contributed by atoms with van der Waals surface area (Å²) in [5.74, 6) is -5.51. The fourth-order valence-electron chi connectivity index (χ4n) is 2.81. The zero-order valence-electron chi connectivity index (χ0n) is 14.1. The van der Waals surface area contributed by atoms with Crippen LogP contribution in [0.2, 0.25) is 0 Å². The summed E-state index contributed by atoms with van der Waals surface area (Å²) in [6.07, 6.45) is 2.91. The predicted octanol–water partition coefficient (Wildman–Crippen LogP) is 2.17. The number of aryl methyl sites for hydroxylation is 1. The van der Waals surface area contributed by atoms with Gasteiger partial charge in [-0.05, 0) is 31.4 Å². The van der Waals surface area contributed by atoms with Crippen LogP contribution < -0.4 is 10.6 Å². The van der Waals surface area contributed by atoms with E-state index in [0.29, 0.717) is 18.7 Å². The minimum atomic E-state index is -3.87. The first-order valence-corrected chi connectivity index (χ1v) is 8.36. The standard InChI is InChI=1S/C17H23F2N3O3/c1-12-5-6-13(21-11-12)22-14(23)7-10-20-15(24)17(18,19)16(25)8-3-2-4-9-16/h5-6,11,25H,2-4,7-10H2,1H3,(H,20,24)(H,21,22,23). The number of aromatic nitrogens is 1.